The summed E-state index contributed by atoms with van der Waals surface area (Å²) < 4.78 is 15.8. The van der Waals surface area contributed by atoms with Gasteiger partial charge in [0.05, 0.1) is 24.9 Å². The zero-order valence-electron chi connectivity index (χ0n) is 10.6. The Morgan fingerprint density at radius 1 is 1.28 bits per heavy atom. The van der Waals surface area contributed by atoms with Crippen LogP contribution in [0.2, 0.25) is 0 Å². The molecule has 18 heavy (non-hydrogen) atoms. The molecule has 1 N–H and O–H groups in total. The number of hydrogen-bond donors (Lipinski definition) is 1. The van der Waals surface area contributed by atoms with Crippen molar-refractivity contribution in [2.24, 2.45) is 0 Å². The maximum Gasteiger partial charge on any atom is 0.335 e. The van der Waals surface area contributed by atoms with Gasteiger partial charge in [-0.2, -0.15) is 0 Å². The monoisotopic (exact) mass is 254 g/mol. The van der Waals surface area contributed by atoms with Gasteiger partial charge in [0.2, 0.25) is 0 Å². The molecule has 0 radical (unpaired) electrons. The smallest absolute Gasteiger partial charge is 0.335 e. The van der Waals surface area contributed by atoms with Crippen LogP contribution < -0.4 is 4.74 Å². The first-order valence-corrected chi connectivity index (χ1v) is 5.70. The van der Waals surface area contributed by atoms with Crippen LogP contribution >= 0.6 is 0 Å². The van der Waals surface area contributed by atoms with Gasteiger partial charge in [0.25, 0.3) is 0 Å². The zero-order chi connectivity index (χ0) is 13.4. The van der Waals surface area contributed by atoms with Crippen LogP contribution in [0.3, 0.4) is 0 Å². The highest BCUT2D eigenvalue weighted by atomic mass is 16.5. The first kappa shape index (κ1) is 14.5. The molecule has 1 aromatic rings. The van der Waals surface area contributed by atoms with Crippen molar-refractivity contribution in [1.82, 2.24) is 0 Å². The van der Waals surface area contributed by atoms with Gasteiger partial charge in [-0.25, -0.2) is 4.79 Å². The Morgan fingerprint density at radius 2 is 1.94 bits per heavy atom. The van der Waals surface area contributed by atoms with Crippen LogP contribution in [-0.2, 0) is 9.47 Å². The minimum absolute atomic E-state index is 0.0352. The lowest BCUT2D eigenvalue weighted by atomic mass is 10.2. The first-order valence-electron chi connectivity index (χ1n) is 5.70. The van der Waals surface area contributed by atoms with E-state index in [0.29, 0.717) is 25.6 Å². The van der Waals surface area contributed by atoms with E-state index < -0.39 is 5.97 Å². The molecule has 1 rings (SSSR count). The van der Waals surface area contributed by atoms with Crippen LogP contribution in [0.1, 0.15) is 17.3 Å². The molecular weight excluding hydrogens is 236 g/mol. The third kappa shape index (κ3) is 5.16. The minimum Gasteiger partial charge on any atom is -0.491 e. The van der Waals surface area contributed by atoms with E-state index in [-0.39, 0.29) is 11.7 Å². The number of aromatic carboxylic acids is 1. The average Bonchev–Trinajstić information content (AvgIpc) is 2.35. The number of carboxylic acid groups (broad SMARTS) is 1. The summed E-state index contributed by atoms with van der Waals surface area (Å²) in [5.41, 5.74) is 0.243. The second-order valence-electron chi connectivity index (χ2n) is 3.81. The van der Waals surface area contributed by atoms with Gasteiger partial charge < -0.3 is 19.3 Å². The predicted molar refractivity (Wildman–Crippen MR) is 66.2 cm³/mol. The lowest BCUT2D eigenvalue weighted by Crippen LogP contribution is -2.18. The molecule has 1 aromatic carbocycles. The van der Waals surface area contributed by atoms with Crippen LogP contribution in [0.25, 0.3) is 0 Å². The van der Waals surface area contributed by atoms with Crippen LogP contribution in [0.4, 0.5) is 0 Å². The molecule has 0 bridgehead atoms. The quantitative estimate of drug-likeness (QED) is 0.717. The molecule has 0 saturated heterocycles. The third-order valence-corrected chi connectivity index (χ3v) is 2.26. The summed E-state index contributed by atoms with van der Waals surface area (Å²) in [7, 11) is 1.63. The van der Waals surface area contributed by atoms with Crippen molar-refractivity contribution in [2.75, 3.05) is 26.9 Å². The van der Waals surface area contributed by atoms with E-state index in [2.05, 4.69) is 0 Å². The summed E-state index contributed by atoms with van der Waals surface area (Å²) in [6.45, 7) is 3.35. The molecule has 0 amide bonds. The van der Waals surface area contributed by atoms with Gasteiger partial charge in [-0.05, 0) is 31.2 Å². The van der Waals surface area contributed by atoms with E-state index in [1.54, 1.807) is 19.2 Å². The van der Waals surface area contributed by atoms with Crippen LogP contribution in [-0.4, -0.2) is 44.1 Å². The van der Waals surface area contributed by atoms with E-state index in [0.717, 1.165) is 0 Å². The molecule has 5 nitrogen and oxygen atoms in total. The predicted octanol–water partition coefficient (Wildman–Crippen LogP) is 1.82. The summed E-state index contributed by atoms with van der Waals surface area (Å²) in [6, 6.07) is 6.27. The lowest BCUT2D eigenvalue weighted by Gasteiger charge is -2.12. The summed E-state index contributed by atoms with van der Waals surface area (Å²) in [5.74, 6) is -0.318. The van der Waals surface area contributed by atoms with Gasteiger partial charge in [-0.15, -0.1) is 0 Å². The fourth-order valence-electron chi connectivity index (χ4n) is 1.39. The molecule has 0 saturated carbocycles. The molecule has 5 heteroatoms. The SMILES string of the molecule is COCC(C)OCCOc1ccc(C(=O)O)cc1. The Labute approximate surface area is 106 Å². The molecule has 0 heterocycles. The van der Waals surface area contributed by atoms with Gasteiger partial charge in [0.15, 0.2) is 0 Å². The van der Waals surface area contributed by atoms with Crippen molar-refractivity contribution in [2.45, 2.75) is 13.0 Å². The highest BCUT2D eigenvalue weighted by molar-refractivity contribution is 5.87. The van der Waals surface area contributed by atoms with Gasteiger partial charge >= 0.3 is 5.97 Å². The van der Waals surface area contributed by atoms with Crippen molar-refractivity contribution < 1.29 is 24.1 Å². The molecule has 0 aliphatic heterocycles. The molecule has 100 valence electrons. The van der Waals surface area contributed by atoms with Gasteiger partial charge in [-0.3, -0.25) is 0 Å². The fraction of sp³-hybridized carbons (Fsp3) is 0.462. The Balaban J connectivity index is 2.25. The van der Waals surface area contributed by atoms with E-state index in [4.69, 9.17) is 19.3 Å². The maximum atomic E-state index is 10.6. The Morgan fingerprint density at radius 3 is 2.50 bits per heavy atom. The molecule has 0 aromatic heterocycles. The molecule has 0 fully saturated rings. The van der Waals surface area contributed by atoms with E-state index in [1.807, 2.05) is 6.92 Å². The number of rotatable bonds is 8. The minimum atomic E-state index is -0.946. The number of hydrogen-bond acceptors (Lipinski definition) is 4. The molecule has 0 aliphatic carbocycles. The van der Waals surface area contributed by atoms with E-state index in [9.17, 15) is 4.79 Å². The van der Waals surface area contributed by atoms with E-state index >= 15 is 0 Å². The summed E-state index contributed by atoms with van der Waals surface area (Å²) >= 11 is 0. The maximum absolute atomic E-state index is 10.6. The number of benzene rings is 1. The Kier molecular flexibility index (Phi) is 6.18. The zero-order valence-corrected chi connectivity index (χ0v) is 10.6. The molecular formula is C13H18O5. The highest BCUT2D eigenvalue weighted by Gasteiger charge is 2.03. The Bertz CT molecular complexity index is 360. The largest absolute Gasteiger partial charge is 0.491 e. The molecule has 0 aliphatic rings. The van der Waals surface area contributed by atoms with Crippen molar-refractivity contribution in [1.29, 1.82) is 0 Å². The van der Waals surface area contributed by atoms with Crippen molar-refractivity contribution >= 4 is 5.97 Å². The van der Waals surface area contributed by atoms with Gasteiger partial charge in [0, 0.05) is 7.11 Å². The molecule has 0 spiro atoms. The van der Waals surface area contributed by atoms with Gasteiger partial charge in [0.1, 0.15) is 12.4 Å². The standard InChI is InChI=1S/C13H18O5/c1-10(9-16-2)17-7-8-18-12-5-3-11(4-6-12)13(14)15/h3-6,10H,7-9H2,1-2H3,(H,14,15). The second kappa shape index (κ2) is 7.68. The number of carboxylic acids is 1. The van der Waals surface area contributed by atoms with Crippen LogP contribution in [0.15, 0.2) is 24.3 Å². The Hall–Kier alpha value is -1.59. The number of ether oxygens (including phenoxy) is 3. The second-order valence-corrected chi connectivity index (χ2v) is 3.81. The average molecular weight is 254 g/mol. The number of methoxy groups -OCH3 is 1. The summed E-state index contributed by atoms with van der Waals surface area (Å²) in [5, 5.41) is 8.73. The lowest BCUT2D eigenvalue weighted by molar-refractivity contribution is -0.00214. The topological polar surface area (TPSA) is 65.0 Å². The van der Waals surface area contributed by atoms with Crippen LogP contribution in [0.5, 0.6) is 5.75 Å². The molecule has 1 unspecified atom stereocenters. The normalized spacial score (nSPS) is 12.1. The van der Waals surface area contributed by atoms with Crippen LogP contribution in [0, 0.1) is 0 Å². The van der Waals surface area contributed by atoms with Crippen molar-refractivity contribution in [3.8, 4) is 5.75 Å². The fourth-order valence-corrected chi connectivity index (χ4v) is 1.39. The van der Waals surface area contributed by atoms with Crippen molar-refractivity contribution in [3.05, 3.63) is 29.8 Å². The molecule has 1 atom stereocenters. The first-order chi connectivity index (χ1) is 8.63. The number of carbonyl (C=O) groups is 1. The summed E-state index contributed by atoms with van der Waals surface area (Å²) in [4.78, 5) is 10.6. The van der Waals surface area contributed by atoms with Gasteiger partial charge in [-0.1, -0.05) is 0 Å². The van der Waals surface area contributed by atoms with E-state index in [1.165, 1.54) is 12.1 Å². The van der Waals surface area contributed by atoms with Crippen molar-refractivity contribution in [3.63, 3.8) is 0 Å². The summed E-state index contributed by atoms with van der Waals surface area (Å²) in [6.07, 6.45) is 0.0352. The third-order valence-electron chi connectivity index (χ3n) is 2.26. The highest BCUT2D eigenvalue weighted by Crippen LogP contribution is 2.12.